The number of piperidine rings is 1. The van der Waals surface area contributed by atoms with Gasteiger partial charge in [0.2, 0.25) is 11.8 Å². The van der Waals surface area contributed by atoms with Crippen LogP contribution in [-0.4, -0.2) is 29.1 Å². The summed E-state index contributed by atoms with van der Waals surface area (Å²) in [7, 11) is 0. The van der Waals surface area contributed by atoms with E-state index in [9.17, 15) is 14.4 Å². The lowest BCUT2D eigenvalue weighted by Gasteiger charge is -2.23. The molecule has 1 atom stereocenters. The Hall–Kier alpha value is -2.24. The average Bonchev–Trinajstić information content (AvgIpc) is 2.33. The number of hydrogen-bond donors (Lipinski definition) is 2. The molecule has 2 amide bonds. The van der Waals surface area contributed by atoms with Crippen LogP contribution in [-0.2, 0) is 9.59 Å². The van der Waals surface area contributed by atoms with E-state index in [0.29, 0.717) is 30.4 Å². The first-order valence-electron chi connectivity index (χ1n) is 5.20. The lowest BCUT2D eigenvalue weighted by Crippen LogP contribution is -2.47. The maximum absolute atomic E-state index is 11.5. The molecule has 0 saturated carbocycles. The fraction of sp³-hybridized carbons (Fsp3) is 0.273. The first kappa shape index (κ1) is 11.3. The summed E-state index contributed by atoms with van der Waals surface area (Å²) in [5.74, 6) is -0.642. The summed E-state index contributed by atoms with van der Waals surface area (Å²) in [6, 6.07) is 1.05. The van der Waals surface area contributed by atoms with Gasteiger partial charge in [-0.05, 0) is 12.5 Å². The van der Waals surface area contributed by atoms with Crippen molar-refractivity contribution in [3.63, 3.8) is 0 Å². The molecular weight excluding hydrogens is 222 g/mol. The lowest BCUT2D eigenvalue weighted by atomic mass is 10.1. The van der Waals surface area contributed by atoms with E-state index >= 15 is 0 Å². The van der Waals surface area contributed by atoms with E-state index in [1.807, 2.05) is 0 Å². The quantitative estimate of drug-likeness (QED) is 0.571. The van der Waals surface area contributed by atoms with Crippen molar-refractivity contribution in [2.24, 2.45) is 0 Å². The third-order valence-electron chi connectivity index (χ3n) is 2.55. The molecule has 1 aromatic rings. The summed E-state index contributed by atoms with van der Waals surface area (Å²) in [5, 5.41) is 5.15. The van der Waals surface area contributed by atoms with Crippen molar-refractivity contribution in [1.82, 2.24) is 10.3 Å². The van der Waals surface area contributed by atoms with Crippen LogP contribution in [0.5, 0.6) is 0 Å². The number of carbonyl (C=O) groups excluding carboxylic acids is 3. The predicted octanol–water partition coefficient (Wildman–Crippen LogP) is 0.111. The largest absolute Gasteiger partial charge is 0.372 e. The number of pyridine rings is 1. The van der Waals surface area contributed by atoms with E-state index in [1.54, 1.807) is 6.07 Å². The number of hydrogen-bond acceptors (Lipinski definition) is 5. The molecule has 17 heavy (non-hydrogen) atoms. The molecule has 0 aliphatic carbocycles. The standard InChI is InChI=1S/C11H11N3O3/c15-6-7-3-4-12-5-9(7)13-8-1-2-10(16)14-11(8)17/h3-6,8,13H,1-2H2,(H,14,16,17). The summed E-state index contributed by atoms with van der Waals surface area (Å²) >= 11 is 0. The summed E-state index contributed by atoms with van der Waals surface area (Å²) in [4.78, 5) is 37.1. The molecule has 0 bridgehead atoms. The van der Waals surface area contributed by atoms with Gasteiger partial charge in [0.15, 0.2) is 6.29 Å². The topological polar surface area (TPSA) is 88.2 Å². The van der Waals surface area contributed by atoms with Gasteiger partial charge in [-0.1, -0.05) is 0 Å². The van der Waals surface area contributed by atoms with E-state index in [4.69, 9.17) is 0 Å². The summed E-state index contributed by atoms with van der Waals surface area (Å²) in [5.41, 5.74) is 0.932. The van der Waals surface area contributed by atoms with Crippen molar-refractivity contribution in [2.45, 2.75) is 18.9 Å². The van der Waals surface area contributed by atoms with Crippen molar-refractivity contribution < 1.29 is 14.4 Å². The molecule has 6 heteroatoms. The zero-order valence-corrected chi connectivity index (χ0v) is 8.97. The molecule has 6 nitrogen and oxygen atoms in total. The Kier molecular flexibility index (Phi) is 3.13. The van der Waals surface area contributed by atoms with Crippen molar-refractivity contribution >= 4 is 23.8 Å². The second-order valence-corrected chi connectivity index (χ2v) is 3.73. The zero-order chi connectivity index (χ0) is 12.3. The zero-order valence-electron chi connectivity index (χ0n) is 8.97. The summed E-state index contributed by atoms with van der Waals surface area (Å²) < 4.78 is 0. The Bertz CT molecular complexity index is 473. The number of amides is 2. The Balaban J connectivity index is 2.13. The van der Waals surface area contributed by atoms with Gasteiger partial charge in [0.05, 0.1) is 11.9 Å². The fourth-order valence-electron chi connectivity index (χ4n) is 1.65. The Morgan fingerprint density at radius 2 is 2.29 bits per heavy atom. The second-order valence-electron chi connectivity index (χ2n) is 3.73. The SMILES string of the molecule is O=Cc1ccncc1NC1CCC(=O)NC1=O. The van der Waals surface area contributed by atoms with Crippen molar-refractivity contribution in [3.05, 3.63) is 24.0 Å². The second kappa shape index (κ2) is 4.73. The smallest absolute Gasteiger partial charge is 0.249 e. The number of nitrogens with zero attached hydrogens (tertiary/aromatic N) is 1. The molecule has 0 spiro atoms. The molecule has 0 radical (unpaired) electrons. The maximum Gasteiger partial charge on any atom is 0.249 e. The normalized spacial score (nSPS) is 19.6. The molecular formula is C11H11N3O3. The summed E-state index contributed by atoms with van der Waals surface area (Å²) in [6.45, 7) is 0. The molecule has 2 heterocycles. The minimum absolute atomic E-state index is 0.269. The van der Waals surface area contributed by atoms with Crippen LogP contribution in [0.4, 0.5) is 5.69 Å². The fourth-order valence-corrected chi connectivity index (χ4v) is 1.65. The monoisotopic (exact) mass is 233 g/mol. The molecule has 88 valence electrons. The number of aromatic nitrogens is 1. The van der Waals surface area contributed by atoms with Crippen LogP contribution in [0.2, 0.25) is 0 Å². The van der Waals surface area contributed by atoms with Crippen LogP contribution in [0.15, 0.2) is 18.5 Å². The molecule has 1 unspecified atom stereocenters. The molecule has 1 aromatic heterocycles. The van der Waals surface area contributed by atoms with E-state index < -0.39 is 6.04 Å². The number of aldehydes is 1. The highest BCUT2D eigenvalue weighted by atomic mass is 16.2. The number of rotatable bonds is 3. The molecule has 1 fully saturated rings. The van der Waals surface area contributed by atoms with Crippen molar-refractivity contribution in [3.8, 4) is 0 Å². The van der Waals surface area contributed by atoms with E-state index in [-0.39, 0.29) is 11.8 Å². The minimum atomic E-state index is -0.504. The van der Waals surface area contributed by atoms with Crippen LogP contribution in [0.1, 0.15) is 23.2 Å². The molecule has 0 aromatic carbocycles. The van der Waals surface area contributed by atoms with Crippen LogP contribution >= 0.6 is 0 Å². The van der Waals surface area contributed by atoms with E-state index in [2.05, 4.69) is 15.6 Å². The Morgan fingerprint density at radius 1 is 1.47 bits per heavy atom. The van der Waals surface area contributed by atoms with Gasteiger partial charge in [-0.15, -0.1) is 0 Å². The first-order valence-corrected chi connectivity index (χ1v) is 5.20. The highest BCUT2D eigenvalue weighted by Crippen LogP contribution is 2.15. The highest BCUT2D eigenvalue weighted by molar-refractivity contribution is 6.01. The Morgan fingerprint density at radius 3 is 3.00 bits per heavy atom. The van der Waals surface area contributed by atoms with Crippen LogP contribution in [0.3, 0.4) is 0 Å². The molecule has 1 aliphatic rings. The van der Waals surface area contributed by atoms with Gasteiger partial charge >= 0.3 is 0 Å². The van der Waals surface area contributed by atoms with Crippen LogP contribution in [0.25, 0.3) is 0 Å². The molecule has 2 N–H and O–H groups in total. The molecule has 1 aliphatic heterocycles. The predicted molar refractivity (Wildman–Crippen MR) is 59.4 cm³/mol. The third-order valence-corrected chi connectivity index (χ3v) is 2.55. The molecule has 1 saturated heterocycles. The van der Waals surface area contributed by atoms with Crippen LogP contribution < -0.4 is 10.6 Å². The van der Waals surface area contributed by atoms with Gasteiger partial charge in [0.1, 0.15) is 6.04 Å². The molecule has 2 rings (SSSR count). The number of nitrogens with one attached hydrogen (secondary N) is 2. The third kappa shape index (κ3) is 2.47. The van der Waals surface area contributed by atoms with Crippen molar-refractivity contribution in [2.75, 3.05) is 5.32 Å². The maximum atomic E-state index is 11.5. The van der Waals surface area contributed by atoms with E-state index in [0.717, 1.165) is 0 Å². The van der Waals surface area contributed by atoms with E-state index in [1.165, 1.54) is 12.4 Å². The number of anilines is 1. The Labute approximate surface area is 97.4 Å². The van der Waals surface area contributed by atoms with Crippen LogP contribution in [0, 0.1) is 0 Å². The summed E-state index contributed by atoms with van der Waals surface area (Å²) in [6.07, 6.45) is 4.38. The minimum Gasteiger partial charge on any atom is -0.372 e. The van der Waals surface area contributed by atoms with Gasteiger partial charge in [-0.3, -0.25) is 24.7 Å². The van der Waals surface area contributed by atoms with Crippen molar-refractivity contribution in [1.29, 1.82) is 0 Å². The first-order chi connectivity index (χ1) is 8.20. The lowest BCUT2D eigenvalue weighted by molar-refractivity contribution is -0.133. The van der Waals surface area contributed by atoms with Gasteiger partial charge in [0.25, 0.3) is 0 Å². The van der Waals surface area contributed by atoms with Gasteiger partial charge in [-0.2, -0.15) is 0 Å². The van der Waals surface area contributed by atoms with Gasteiger partial charge < -0.3 is 5.32 Å². The number of imide groups is 1. The average molecular weight is 233 g/mol. The number of carbonyl (C=O) groups is 3. The van der Waals surface area contributed by atoms with Gasteiger partial charge in [0, 0.05) is 18.2 Å². The highest BCUT2D eigenvalue weighted by Gasteiger charge is 2.26. The van der Waals surface area contributed by atoms with Gasteiger partial charge in [-0.25, -0.2) is 0 Å².